The zero-order chi connectivity index (χ0) is 14.4. The fraction of sp³-hybridized carbons (Fsp3) is 0.533. The Morgan fingerprint density at radius 2 is 2.35 bits per heavy atom. The Kier molecular flexibility index (Phi) is 5.24. The maximum Gasteiger partial charge on any atom is 0.251 e. The van der Waals surface area contributed by atoms with E-state index in [4.69, 9.17) is 10.5 Å². The number of nitrogens with one attached hydrogen (secondary N) is 2. The van der Waals surface area contributed by atoms with Gasteiger partial charge in [0.15, 0.2) is 0 Å². The largest absolute Gasteiger partial charge is 0.397 e. The molecule has 20 heavy (non-hydrogen) atoms. The second-order valence-electron chi connectivity index (χ2n) is 5.11. The van der Waals surface area contributed by atoms with E-state index in [-0.39, 0.29) is 5.91 Å². The monoisotopic (exact) mass is 277 g/mol. The van der Waals surface area contributed by atoms with E-state index in [1.807, 2.05) is 13.0 Å². The average molecular weight is 277 g/mol. The number of amides is 1. The second-order valence-corrected chi connectivity index (χ2v) is 5.11. The summed E-state index contributed by atoms with van der Waals surface area (Å²) in [6, 6.07) is 5.33. The van der Waals surface area contributed by atoms with Crippen LogP contribution in [0.3, 0.4) is 0 Å². The van der Waals surface area contributed by atoms with Gasteiger partial charge in [0.1, 0.15) is 0 Å². The quantitative estimate of drug-likeness (QED) is 0.694. The first-order valence-electron chi connectivity index (χ1n) is 7.20. The molecule has 0 aromatic heterocycles. The van der Waals surface area contributed by atoms with E-state index < -0.39 is 0 Å². The van der Waals surface area contributed by atoms with Crippen molar-refractivity contribution < 1.29 is 9.53 Å². The van der Waals surface area contributed by atoms with E-state index in [1.54, 1.807) is 12.1 Å². The standard InChI is InChI=1S/C15H23N3O2/c1-2-17-15(19)12-3-4-13(16)14(9-12)18-7-5-11-6-8-20-10-11/h3-4,9,11,18H,2,5-8,10,16H2,1H3,(H,17,19). The summed E-state index contributed by atoms with van der Waals surface area (Å²) in [4.78, 5) is 11.8. The minimum absolute atomic E-state index is 0.0697. The Balaban J connectivity index is 1.92. The first-order valence-corrected chi connectivity index (χ1v) is 7.20. The van der Waals surface area contributed by atoms with E-state index in [0.29, 0.717) is 23.7 Å². The van der Waals surface area contributed by atoms with Gasteiger partial charge >= 0.3 is 0 Å². The highest BCUT2D eigenvalue weighted by molar-refractivity contribution is 5.96. The van der Waals surface area contributed by atoms with Crippen LogP contribution in [0.4, 0.5) is 11.4 Å². The molecule has 0 saturated carbocycles. The number of carbonyl (C=O) groups is 1. The molecule has 0 spiro atoms. The average Bonchev–Trinajstić information content (AvgIpc) is 2.94. The molecule has 0 bridgehead atoms. The van der Waals surface area contributed by atoms with Gasteiger partial charge in [0.05, 0.1) is 11.4 Å². The van der Waals surface area contributed by atoms with Crippen molar-refractivity contribution in [3.8, 4) is 0 Å². The van der Waals surface area contributed by atoms with E-state index in [0.717, 1.165) is 38.3 Å². The number of nitrogens with two attached hydrogens (primary N) is 1. The van der Waals surface area contributed by atoms with Crippen molar-refractivity contribution in [2.24, 2.45) is 5.92 Å². The first-order chi connectivity index (χ1) is 9.70. The summed E-state index contributed by atoms with van der Waals surface area (Å²) in [5, 5.41) is 6.10. The summed E-state index contributed by atoms with van der Waals surface area (Å²) in [6.45, 7) is 5.10. The van der Waals surface area contributed by atoms with Crippen LogP contribution in [0.25, 0.3) is 0 Å². The third kappa shape index (κ3) is 3.87. The maximum absolute atomic E-state index is 11.8. The van der Waals surface area contributed by atoms with Crippen LogP contribution in [0.15, 0.2) is 18.2 Å². The van der Waals surface area contributed by atoms with Gasteiger partial charge in [0, 0.05) is 31.9 Å². The Bertz CT molecular complexity index is 456. The maximum atomic E-state index is 11.8. The van der Waals surface area contributed by atoms with Gasteiger partial charge in [-0.3, -0.25) is 4.79 Å². The fourth-order valence-electron chi connectivity index (χ4n) is 2.34. The van der Waals surface area contributed by atoms with Gasteiger partial charge in [-0.1, -0.05) is 0 Å². The molecule has 1 aliphatic heterocycles. The highest BCUT2D eigenvalue weighted by atomic mass is 16.5. The lowest BCUT2D eigenvalue weighted by atomic mass is 10.1. The number of hydrogen-bond donors (Lipinski definition) is 3. The van der Waals surface area contributed by atoms with Crippen LogP contribution < -0.4 is 16.4 Å². The van der Waals surface area contributed by atoms with E-state index in [1.165, 1.54) is 0 Å². The summed E-state index contributed by atoms with van der Waals surface area (Å²) >= 11 is 0. The lowest BCUT2D eigenvalue weighted by Crippen LogP contribution is -2.22. The highest BCUT2D eigenvalue weighted by Gasteiger charge is 2.15. The number of hydrogen-bond acceptors (Lipinski definition) is 4. The third-order valence-corrected chi connectivity index (χ3v) is 3.54. The van der Waals surface area contributed by atoms with Gasteiger partial charge in [-0.05, 0) is 43.9 Å². The molecule has 110 valence electrons. The lowest BCUT2D eigenvalue weighted by molar-refractivity contribution is 0.0956. The summed E-state index contributed by atoms with van der Waals surface area (Å²) < 4.78 is 5.36. The molecule has 0 radical (unpaired) electrons. The van der Waals surface area contributed by atoms with Crippen molar-refractivity contribution in [2.45, 2.75) is 19.8 Å². The summed E-state index contributed by atoms with van der Waals surface area (Å²) in [6.07, 6.45) is 2.20. The molecule has 5 heteroatoms. The molecule has 1 amide bonds. The van der Waals surface area contributed by atoms with Gasteiger partial charge in [-0.15, -0.1) is 0 Å². The van der Waals surface area contributed by atoms with Crippen molar-refractivity contribution in [1.29, 1.82) is 0 Å². The van der Waals surface area contributed by atoms with Crippen LogP contribution in [0.2, 0.25) is 0 Å². The van der Waals surface area contributed by atoms with Crippen LogP contribution in [0.1, 0.15) is 30.1 Å². The Morgan fingerprint density at radius 1 is 1.50 bits per heavy atom. The van der Waals surface area contributed by atoms with Crippen molar-refractivity contribution >= 4 is 17.3 Å². The van der Waals surface area contributed by atoms with Gasteiger partial charge < -0.3 is 21.1 Å². The smallest absolute Gasteiger partial charge is 0.251 e. The predicted octanol–water partition coefficient (Wildman–Crippen LogP) is 1.86. The van der Waals surface area contributed by atoms with Crippen molar-refractivity contribution in [1.82, 2.24) is 5.32 Å². The van der Waals surface area contributed by atoms with E-state index in [2.05, 4.69) is 10.6 Å². The fourth-order valence-corrected chi connectivity index (χ4v) is 2.34. The van der Waals surface area contributed by atoms with Gasteiger partial charge in [-0.2, -0.15) is 0 Å². The summed E-state index contributed by atoms with van der Waals surface area (Å²) in [5.41, 5.74) is 8.06. The SMILES string of the molecule is CCNC(=O)c1ccc(N)c(NCCC2CCOC2)c1. The number of nitrogen functional groups attached to an aromatic ring is 1. The molecule has 1 aromatic carbocycles. The number of benzene rings is 1. The molecule has 4 N–H and O–H groups in total. The number of carbonyl (C=O) groups excluding carboxylic acids is 1. The summed E-state index contributed by atoms with van der Waals surface area (Å²) in [5.74, 6) is 0.565. The van der Waals surface area contributed by atoms with Gasteiger partial charge in [0.25, 0.3) is 5.91 Å². The van der Waals surface area contributed by atoms with Crippen LogP contribution in [0, 0.1) is 5.92 Å². The molecule has 1 saturated heterocycles. The molecule has 1 atom stereocenters. The number of anilines is 2. The predicted molar refractivity (Wildman–Crippen MR) is 80.9 cm³/mol. The van der Waals surface area contributed by atoms with Gasteiger partial charge in [0.2, 0.25) is 0 Å². The topological polar surface area (TPSA) is 76.4 Å². The molecular formula is C15H23N3O2. The lowest BCUT2D eigenvalue weighted by Gasteiger charge is -2.13. The van der Waals surface area contributed by atoms with E-state index >= 15 is 0 Å². The summed E-state index contributed by atoms with van der Waals surface area (Å²) in [7, 11) is 0. The minimum atomic E-state index is -0.0697. The zero-order valence-electron chi connectivity index (χ0n) is 11.9. The third-order valence-electron chi connectivity index (χ3n) is 3.54. The number of rotatable bonds is 6. The van der Waals surface area contributed by atoms with Crippen molar-refractivity contribution in [3.63, 3.8) is 0 Å². The van der Waals surface area contributed by atoms with Crippen molar-refractivity contribution in [2.75, 3.05) is 37.4 Å². The zero-order valence-corrected chi connectivity index (χ0v) is 11.9. The van der Waals surface area contributed by atoms with Crippen LogP contribution in [-0.2, 0) is 4.74 Å². The highest BCUT2D eigenvalue weighted by Crippen LogP contribution is 2.21. The van der Waals surface area contributed by atoms with Crippen LogP contribution >= 0.6 is 0 Å². The molecule has 5 nitrogen and oxygen atoms in total. The number of ether oxygens (including phenoxy) is 1. The van der Waals surface area contributed by atoms with Crippen molar-refractivity contribution in [3.05, 3.63) is 23.8 Å². The molecule has 1 aliphatic rings. The van der Waals surface area contributed by atoms with Gasteiger partial charge in [-0.25, -0.2) is 0 Å². The minimum Gasteiger partial charge on any atom is -0.397 e. The molecule has 1 aromatic rings. The normalized spacial score (nSPS) is 17.9. The Morgan fingerprint density at radius 3 is 3.05 bits per heavy atom. The molecular weight excluding hydrogens is 254 g/mol. The molecule has 1 unspecified atom stereocenters. The molecule has 2 rings (SSSR count). The Hall–Kier alpha value is -1.75. The van der Waals surface area contributed by atoms with Crippen LogP contribution in [0.5, 0.6) is 0 Å². The van der Waals surface area contributed by atoms with Crippen LogP contribution in [-0.4, -0.2) is 32.2 Å². The van der Waals surface area contributed by atoms with E-state index in [9.17, 15) is 4.79 Å². The molecule has 1 heterocycles. The Labute approximate surface area is 119 Å². The molecule has 1 fully saturated rings. The second kappa shape index (κ2) is 7.14. The first kappa shape index (κ1) is 14.7. The molecule has 0 aliphatic carbocycles.